The maximum atomic E-state index is 5.33. The van der Waals surface area contributed by atoms with Crippen molar-refractivity contribution in [3.8, 4) is 0 Å². The van der Waals surface area contributed by atoms with Crippen LogP contribution in [0.1, 0.15) is 12.8 Å². The van der Waals surface area contributed by atoms with Crippen molar-refractivity contribution in [2.45, 2.75) is 25.4 Å². The molecule has 5 nitrogen and oxygen atoms in total. The van der Waals surface area contributed by atoms with E-state index in [2.05, 4.69) is 14.9 Å². The van der Waals surface area contributed by atoms with Gasteiger partial charge in [-0.25, -0.2) is 4.98 Å². The van der Waals surface area contributed by atoms with Gasteiger partial charge >= 0.3 is 0 Å². The van der Waals surface area contributed by atoms with Crippen molar-refractivity contribution in [3.05, 3.63) is 12.4 Å². The molecule has 0 aromatic carbocycles. The quantitative estimate of drug-likeness (QED) is 0.815. The van der Waals surface area contributed by atoms with Gasteiger partial charge in [0.1, 0.15) is 0 Å². The molecule has 1 saturated heterocycles. The van der Waals surface area contributed by atoms with Crippen molar-refractivity contribution in [1.29, 1.82) is 0 Å². The SMILES string of the molecule is COCCn1ccnc1NC1CCOCC1. The summed E-state index contributed by atoms with van der Waals surface area (Å²) in [4.78, 5) is 4.32. The summed E-state index contributed by atoms with van der Waals surface area (Å²) in [6, 6.07) is 0.484. The zero-order chi connectivity index (χ0) is 11.2. The van der Waals surface area contributed by atoms with Crippen molar-refractivity contribution < 1.29 is 9.47 Å². The van der Waals surface area contributed by atoms with Gasteiger partial charge in [0, 0.05) is 45.3 Å². The standard InChI is InChI=1S/C11H19N3O2/c1-15-9-6-14-5-4-12-11(14)13-10-2-7-16-8-3-10/h4-5,10H,2-3,6-9H2,1H3,(H,12,13). The van der Waals surface area contributed by atoms with Crippen LogP contribution >= 0.6 is 0 Å². The summed E-state index contributed by atoms with van der Waals surface area (Å²) in [5.74, 6) is 0.934. The van der Waals surface area contributed by atoms with Gasteiger partial charge in [-0.2, -0.15) is 0 Å². The third kappa shape index (κ3) is 2.96. The topological polar surface area (TPSA) is 48.3 Å². The molecular formula is C11H19N3O2. The van der Waals surface area contributed by atoms with Crippen LogP contribution in [0.15, 0.2) is 12.4 Å². The van der Waals surface area contributed by atoms with Crippen molar-refractivity contribution in [3.63, 3.8) is 0 Å². The van der Waals surface area contributed by atoms with Crippen molar-refractivity contribution >= 4 is 5.95 Å². The molecule has 0 amide bonds. The van der Waals surface area contributed by atoms with Gasteiger partial charge in [0.15, 0.2) is 0 Å². The average molecular weight is 225 g/mol. The van der Waals surface area contributed by atoms with Crippen LogP contribution < -0.4 is 5.32 Å². The van der Waals surface area contributed by atoms with Crippen LogP contribution in [-0.4, -0.2) is 42.5 Å². The monoisotopic (exact) mass is 225 g/mol. The molecular weight excluding hydrogens is 206 g/mol. The van der Waals surface area contributed by atoms with E-state index >= 15 is 0 Å². The highest BCUT2D eigenvalue weighted by molar-refractivity contribution is 5.27. The molecule has 1 aliphatic rings. The maximum absolute atomic E-state index is 5.33. The van der Waals surface area contributed by atoms with Crippen LogP contribution in [0, 0.1) is 0 Å². The van der Waals surface area contributed by atoms with Gasteiger partial charge in [0.05, 0.1) is 6.61 Å². The maximum Gasteiger partial charge on any atom is 0.203 e. The second kappa shape index (κ2) is 5.86. The van der Waals surface area contributed by atoms with Crippen LogP contribution in [0.5, 0.6) is 0 Å². The number of aromatic nitrogens is 2. The van der Waals surface area contributed by atoms with E-state index in [4.69, 9.17) is 9.47 Å². The zero-order valence-electron chi connectivity index (χ0n) is 9.69. The summed E-state index contributed by atoms with van der Waals surface area (Å²) in [6.45, 7) is 3.23. The van der Waals surface area contributed by atoms with Crippen LogP contribution in [0.2, 0.25) is 0 Å². The molecule has 0 saturated carbocycles. The molecule has 2 heterocycles. The molecule has 0 unspecified atom stereocenters. The molecule has 1 aliphatic heterocycles. The molecule has 1 N–H and O–H groups in total. The lowest BCUT2D eigenvalue weighted by molar-refractivity contribution is 0.0902. The first-order valence-corrected chi connectivity index (χ1v) is 5.74. The highest BCUT2D eigenvalue weighted by atomic mass is 16.5. The number of nitrogens with one attached hydrogen (secondary N) is 1. The molecule has 0 aliphatic carbocycles. The molecule has 0 atom stereocenters. The van der Waals surface area contributed by atoms with E-state index in [9.17, 15) is 0 Å². The van der Waals surface area contributed by atoms with Gasteiger partial charge in [-0.05, 0) is 12.8 Å². The molecule has 0 spiro atoms. The van der Waals surface area contributed by atoms with Gasteiger partial charge in [0.25, 0.3) is 0 Å². The number of hydrogen-bond donors (Lipinski definition) is 1. The summed E-state index contributed by atoms with van der Waals surface area (Å²) in [7, 11) is 1.71. The van der Waals surface area contributed by atoms with Crippen molar-refractivity contribution in [1.82, 2.24) is 9.55 Å². The van der Waals surface area contributed by atoms with E-state index in [1.54, 1.807) is 7.11 Å². The van der Waals surface area contributed by atoms with Gasteiger partial charge < -0.3 is 19.4 Å². The number of methoxy groups -OCH3 is 1. The molecule has 1 aromatic rings. The number of anilines is 1. The zero-order valence-corrected chi connectivity index (χ0v) is 9.69. The second-order valence-corrected chi connectivity index (χ2v) is 3.97. The Bertz CT molecular complexity index is 308. The van der Waals surface area contributed by atoms with Gasteiger partial charge in [-0.3, -0.25) is 0 Å². The highest BCUT2D eigenvalue weighted by Gasteiger charge is 2.15. The van der Waals surface area contributed by atoms with E-state index in [1.807, 2.05) is 12.4 Å². The minimum Gasteiger partial charge on any atom is -0.383 e. The smallest absolute Gasteiger partial charge is 0.203 e. The Labute approximate surface area is 95.8 Å². The van der Waals surface area contributed by atoms with Crippen LogP contribution in [0.4, 0.5) is 5.95 Å². The van der Waals surface area contributed by atoms with E-state index in [0.717, 1.165) is 38.5 Å². The summed E-state index contributed by atoms with van der Waals surface area (Å²) in [5, 5.41) is 3.45. The average Bonchev–Trinajstić information content (AvgIpc) is 2.75. The van der Waals surface area contributed by atoms with Crippen LogP contribution in [-0.2, 0) is 16.0 Å². The first kappa shape index (κ1) is 11.4. The Morgan fingerprint density at radius 1 is 1.56 bits per heavy atom. The molecule has 1 fully saturated rings. The molecule has 5 heteroatoms. The first-order chi connectivity index (χ1) is 7.90. The van der Waals surface area contributed by atoms with Crippen LogP contribution in [0.3, 0.4) is 0 Å². The van der Waals surface area contributed by atoms with E-state index in [-0.39, 0.29) is 0 Å². The number of rotatable bonds is 5. The van der Waals surface area contributed by atoms with Gasteiger partial charge in [-0.15, -0.1) is 0 Å². The molecule has 1 aromatic heterocycles. The minimum absolute atomic E-state index is 0.484. The molecule has 0 radical (unpaired) electrons. The predicted molar refractivity (Wildman–Crippen MR) is 61.6 cm³/mol. The Morgan fingerprint density at radius 3 is 3.12 bits per heavy atom. The Morgan fingerprint density at radius 2 is 2.38 bits per heavy atom. The molecule has 0 bridgehead atoms. The Kier molecular flexibility index (Phi) is 4.18. The Hall–Kier alpha value is -1.07. The lowest BCUT2D eigenvalue weighted by Gasteiger charge is -2.23. The number of imidazole rings is 1. The van der Waals surface area contributed by atoms with Crippen LogP contribution in [0.25, 0.3) is 0 Å². The fraction of sp³-hybridized carbons (Fsp3) is 0.727. The fourth-order valence-corrected chi connectivity index (χ4v) is 1.84. The normalized spacial score (nSPS) is 17.6. The summed E-state index contributed by atoms with van der Waals surface area (Å²) < 4.78 is 12.5. The molecule has 90 valence electrons. The molecule has 16 heavy (non-hydrogen) atoms. The van der Waals surface area contributed by atoms with Gasteiger partial charge in [0.2, 0.25) is 5.95 Å². The largest absolute Gasteiger partial charge is 0.383 e. The Balaban J connectivity index is 1.89. The third-order valence-electron chi connectivity index (χ3n) is 2.81. The number of ether oxygens (including phenoxy) is 2. The first-order valence-electron chi connectivity index (χ1n) is 5.74. The van der Waals surface area contributed by atoms with Crippen molar-refractivity contribution in [2.24, 2.45) is 0 Å². The predicted octanol–water partition coefficient (Wildman–Crippen LogP) is 1.12. The van der Waals surface area contributed by atoms with E-state index < -0.39 is 0 Å². The summed E-state index contributed by atoms with van der Waals surface area (Å²) in [5.41, 5.74) is 0. The second-order valence-electron chi connectivity index (χ2n) is 3.97. The minimum atomic E-state index is 0.484. The number of hydrogen-bond acceptors (Lipinski definition) is 4. The lowest BCUT2D eigenvalue weighted by Crippen LogP contribution is -2.29. The fourth-order valence-electron chi connectivity index (χ4n) is 1.84. The summed E-state index contributed by atoms with van der Waals surface area (Å²) >= 11 is 0. The highest BCUT2D eigenvalue weighted by Crippen LogP contribution is 2.13. The third-order valence-corrected chi connectivity index (χ3v) is 2.81. The van der Waals surface area contributed by atoms with E-state index in [1.165, 1.54) is 0 Å². The number of nitrogens with zero attached hydrogens (tertiary/aromatic N) is 2. The van der Waals surface area contributed by atoms with Crippen molar-refractivity contribution in [2.75, 3.05) is 32.2 Å². The van der Waals surface area contributed by atoms with E-state index in [0.29, 0.717) is 12.6 Å². The van der Waals surface area contributed by atoms with Gasteiger partial charge in [-0.1, -0.05) is 0 Å². The summed E-state index contributed by atoms with van der Waals surface area (Å²) in [6.07, 6.45) is 5.90. The lowest BCUT2D eigenvalue weighted by atomic mass is 10.1. The molecule has 2 rings (SSSR count).